The minimum atomic E-state index is -0.178. The summed E-state index contributed by atoms with van der Waals surface area (Å²) in [5.74, 6) is -0.178. The molecule has 0 aromatic carbocycles. The highest BCUT2D eigenvalue weighted by atomic mass is 16.3. The smallest absolute Gasteiger partial charge is 0.267 e. The zero-order valence-electron chi connectivity index (χ0n) is 3.66. The maximum atomic E-state index is 10.2. The SMILES string of the molecule is [O]c1ccccn1. The minimum absolute atomic E-state index is 0.178. The average Bonchev–Trinajstić information content (AvgIpc) is 1.69. The van der Waals surface area contributed by atoms with E-state index in [1.165, 1.54) is 12.3 Å². The summed E-state index contributed by atoms with van der Waals surface area (Å²) < 4.78 is 0. The highest BCUT2D eigenvalue weighted by Crippen LogP contribution is 1.98. The Morgan fingerprint density at radius 3 is 2.57 bits per heavy atom. The van der Waals surface area contributed by atoms with Gasteiger partial charge in [0, 0.05) is 12.3 Å². The van der Waals surface area contributed by atoms with Gasteiger partial charge in [0.15, 0.2) is 0 Å². The third-order valence-electron chi connectivity index (χ3n) is 0.638. The van der Waals surface area contributed by atoms with E-state index in [1.807, 2.05) is 0 Å². The molecule has 0 saturated heterocycles. The maximum Gasteiger partial charge on any atom is 0.269 e. The van der Waals surface area contributed by atoms with Gasteiger partial charge < -0.3 is 0 Å². The molecule has 0 aliphatic heterocycles. The molecule has 0 aliphatic carbocycles. The summed E-state index contributed by atoms with van der Waals surface area (Å²) in [6, 6.07) is 4.79. The fourth-order valence-electron chi connectivity index (χ4n) is 0.347. The molecule has 0 bridgehead atoms. The van der Waals surface area contributed by atoms with Gasteiger partial charge in [-0.15, -0.1) is 0 Å². The van der Waals surface area contributed by atoms with Crippen LogP contribution in [-0.2, 0) is 5.11 Å². The summed E-state index contributed by atoms with van der Waals surface area (Å²) in [5.41, 5.74) is 0. The molecule has 0 spiro atoms. The number of aromatic nitrogens is 1. The summed E-state index contributed by atoms with van der Waals surface area (Å²) in [5, 5.41) is 10.2. The third-order valence-corrected chi connectivity index (χ3v) is 0.638. The van der Waals surface area contributed by atoms with Crippen molar-refractivity contribution in [1.82, 2.24) is 4.98 Å². The van der Waals surface area contributed by atoms with Crippen molar-refractivity contribution >= 4 is 0 Å². The summed E-state index contributed by atoms with van der Waals surface area (Å²) in [6.45, 7) is 0. The Morgan fingerprint density at radius 2 is 2.29 bits per heavy atom. The van der Waals surface area contributed by atoms with Crippen LogP contribution in [0.2, 0.25) is 0 Å². The van der Waals surface area contributed by atoms with Crippen molar-refractivity contribution in [3.63, 3.8) is 0 Å². The minimum Gasteiger partial charge on any atom is -0.267 e. The predicted octanol–water partition coefficient (Wildman–Crippen LogP) is 1.23. The number of hydrogen-bond donors (Lipinski definition) is 0. The van der Waals surface area contributed by atoms with Crippen LogP contribution in [0.25, 0.3) is 0 Å². The van der Waals surface area contributed by atoms with E-state index in [9.17, 15) is 5.11 Å². The van der Waals surface area contributed by atoms with E-state index in [0.29, 0.717) is 0 Å². The van der Waals surface area contributed by atoms with Crippen molar-refractivity contribution in [2.45, 2.75) is 0 Å². The largest absolute Gasteiger partial charge is 0.269 e. The van der Waals surface area contributed by atoms with Crippen molar-refractivity contribution in [3.05, 3.63) is 24.4 Å². The van der Waals surface area contributed by atoms with Gasteiger partial charge in [0.25, 0.3) is 5.88 Å². The van der Waals surface area contributed by atoms with Crippen molar-refractivity contribution in [2.24, 2.45) is 0 Å². The van der Waals surface area contributed by atoms with E-state index in [0.717, 1.165) is 0 Å². The normalized spacial score (nSPS) is 8.57. The number of pyridine rings is 1. The molecule has 35 valence electrons. The lowest BCUT2D eigenvalue weighted by atomic mass is 10.5. The Bertz CT molecular complexity index is 138. The molecule has 2 heteroatoms. The Labute approximate surface area is 41.4 Å². The predicted molar refractivity (Wildman–Crippen MR) is 24.4 cm³/mol. The second kappa shape index (κ2) is 1.60. The van der Waals surface area contributed by atoms with Crippen molar-refractivity contribution in [3.8, 4) is 5.88 Å². The Hall–Kier alpha value is -1.05. The summed E-state index contributed by atoms with van der Waals surface area (Å²) in [6.07, 6.45) is 1.47. The van der Waals surface area contributed by atoms with Gasteiger partial charge in [0.05, 0.1) is 0 Å². The molecule has 1 radical (unpaired) electrons. The van der Waals surface area contributed by atoms with E-state index >= 15 is 0 Å². The van der Waals surface area contributed by atoms with E-state index in [-0.39, 0.29) is 5.88 Å². The van der Waals surface area contributed by atoms with Gasteiger partial charge in [-0.2, -0.15) is 0 Å². The third kappa shape index (κ3) is 0.892. The van der Waals surface area contributed by atoms with Crippen LogP contribution in [0.1, 0.15) is 0 Å². The van der Waals surface area contributed by atoms with Crippen molar-refractivity contribution in [1.29, 1.82) is 0 Å². The molecule has 0 unspecified atom stereocenters. The van der Waals surface area contributed by atoms with Crippen LogP contribution in [-0.4, -0.2) is 4.98 Å². The van der Waals surface area contributed by atoms with Crippen molar-refractivity contribution < 1.29 is 5.11 Å². The number of nitrogens with zero attached hydrogens (tertiary/aromatic N) is 1. The van der Waals surface area contributed by atoms with Crippen LogP contribution in [0.4, 0.5) is 0 Å². The molecular weight excluding hydrogens is 90.1 g/mol. The topological polar surface area (TPSA) is 32.8 Å². The molecule has 0 amide bonds. The molecule has 2 nitrogen and oxygen atoms in total. The van der Waals surface area contributed by atoms with Gasteiger partial charge in [0.2, 0.25) is 0 Å². The van der Waals surface area contributed by atoms with E-state index in [2.05, 4.69) is 4.98 Å². The molecule has 0 atom stereocenters. The van der Waals surface area contributed by atoms with E-state index in [1.54, 1.807) is 12.1 Å². The van der Waals surface area contributed by atoms with Crippen LogP contribution in [0.3, 0.4) is 0 Å². The standard InChI is InChI=1S/C5H4NO/c7-5-3-1-2-4-6-5/h1-4H. The quantitative estimate of drug-likeness (QED) is 0.475. The zero-order valence-corrected chi connectivity index (χ0v) is 3.66. The Kier molecular flexibility index (Phi) is 0.941. The van der Waals surface area contributed by atoms with Crippen LogP contribution in [0.15, 0.2) is 24.4 Å². The molecule has 1 aromatic rings. The first-order valence-corrected chi connectivity index (χ1v) is 1.97. The highest BCUT2D eigenvalue weighted by Gasteiger charge is 1.80. The van der Waals surface area contributed by atoms with Gasteiger partial charge in [-0.05, 0) is 6.07 Å². The summed E-state index contributed by atoms with van der Waals surface area (Å²) >= 11 is 0. The van der Waals surface area contributed by atoms with Crippen LogP contribution in [0.5, 0.6) is 5.88 Å². The zero-order chi connectivity index (χ0) is 5.11. The first-order valence-electron chi connectivity index (χ1n) is 1.97. The molecule has 0 saturated carbocycles. The van der Waals surface area contributed by atoms with Gasteiger partial charge in [-0.3, -0.25) is 5.11 Å². The second-order valence-electron chi connectivity index (χ2n) is 1.17. The molecular formula is C5H4NO. The van der Waals surface area contributed by atoms with Crippen LogP contribution in [0, 0.1) is 0 Å². The first-order chi connectivity index (χ1) is 3.39. The molecule has 0 fully saturated rings. The monoisotopic (exact) mass is 94.0 g/mol. The molecule has 1 rings (SSSR count). The second-order valence-corrected chi connectivity index (χ2v) is 1.17. The molecule has 7 heavy (non-hydrogen) atoms. The maximum absolute atomic E-state index is 10.2. The van der Waals surface area contributed by atoms with Gasteiger partial charge in [-0.1, -0.05) is 6.07 Å². The highest BCUT2D eigenvalue weighted by molar-refractivity contribution is 5.05. The van der Waals surface area contributed by atoms with E-state index in [4.69, 9.17) is 0 Å². The Balaban J connectivity index is 3.02. The first kappa shape index (κ1) is 4.12. The lowest BCUT2D eigenvalue weighted by Crippen LogP contribution is -1.64. The molecule has 1 heterocycles. The lowest BCUT2D eigenvalue weighted by molar-refractivity contribution is 0.337. The van der Waals surface area contributed by atoms with Crippen LogP contribution < -0.4 is 0 Å². The summed E-state index contributed by atoms with van der Waals surface area (Å²) in [4.78, 5) is 3.42. The fourth-order valence-corrected chi connectivity index (χ4v) is 0.347. The van der Waals surface area contributed by atoms with Crippen LogP contribution >= 0.6 is 0 Å². The van der Waals surface area contributed by atoms with Crippen molar-refractivity contribution in [2.75, 3.05) is 0 Å². The van der Waals surface area contributed by atoms with Gasteiger partial charge >= 0.3 is 0 Å². The molecule has 0 N–H and O–H groups in total. The summed E-state index contributed by atoms with van der Waals surface area (Å²) in [7, 11) is 0. The van der Waals surface area contributed by atoms with Gasteiger partial charge in [0.1, 0.15) is 0 Å². The lowest BCUT2D eigenvalue weighted by Gasteiger charge is -1.77. The molecule has 1 aromatic heterocycles. The average molecular weight is 94.1 g/mol. The van der Waals surface area contributed by atoms with E-state index < -0.39 is 0 Å². The Morgan fingerprint density at radius 1 is 1.43 bits per heavy atom. The number of rotatable bonds is 0. The fraction of sp³-hybridized carbons (Fsp3) is 0. The molecule has 0 aliphatic rings. The number of hydrogen-bond acceptors (Lipinski definition) is 1. The van der Waals surface area contributed by atoms with Gasteiger partial charge in [-0.25, -0.2) is 4.98 Å².